The highest BCUT2D eigenvalue weighted by atomic mass is 32.2. The highest BCUT2D eigenvalue weighted by molar-refractivity contribution is 8.00. The number of rotatable bonds is 6. The molecule has 0 bridgehead atoms. The molecule has 1 aromatic carbocycles. The largest absolute Gasteiger partial charge is 0.395 e. The lowest BCUT2D eigenvalue weighted by molar-refractivity contribution is 0.228. The van der Waals surface area contributed by atoms with E-state index in [0.717, 1.165) is 15.1 Å². The molecule has 0 aliphatic heterocycles. The van der Waals surface area contributed by atoms with Gasteiger partial charge in [0.05, 0.1) is 34.4 Å². The molecule has 3 aromatic rings. The molecular formula is C16H16FN3O2S2. The lowest BCUT2D eigenvalue weighted by Crippen LogP contribution is -2.12. The van der Waals surface area contributed by atoms with E-state index in [4.69, 9.17) is 0 Å². The summed E-state index contributed by atoms with van der Waals surface area (Å²) in [5, 5.41) is 21.5. The van der Waals surface area contributed by atoms with Crippen LogP contribution in [-0.4, -0.2) is 45.7 Å². The van der Waals surface area contributed by atoms with Crippen LogP contribution in [0.25, 0.3) is 20.9 Å². The highest BCUT2D eigenvalue weighted by Gasteiger charge is 2.13. The number of halogens is 1. The van der Waals surface area contributed by atoms with E-state index >= 15 is 0 Å². The molecule has 0 saturated heterocycles. The van der Waals surface area contributed by atoms with Gasteiger partial charge >= 0.3 is 0 Å². The zero-order chi connectivity index (χ0) is 17.1. The van der Waals surface area contributed by atoms with E-state index in [1.165, 1.54) is 23.1 Å². The van der Waals surface area contributed by atoms with E-state index < -0.39 is 5.95 Å². The molecule has 0 atom stereocenters. The van der Waals surface area contributed by atoms with Crippen molar-refractivity contribution in [1.29, 1.82) is 0 Å². The first-order valence-corrected chi connectivity index (χ1v) is 8.98. The molecule has 0 saturated carbocycles. The number of aliphatic hydroxyl groups excluding tert-OH is 2. The number of aromatic nitrogens is 2. The molecular weight excluding hydrogens is 348 g/mol. The number of fused-ring (bicyclic) bond motifs is 1. The molecule has 0 amide bonds. The SMILES string of the molecule is CNc1ccc(-c2nc3ccc(SC(CO)CO)cc3s2)nc1[18F]. The minimum absolute atomic E-state index is 0.0891. The standard InChI is InChI=1S/C16H16FN3O2S2/c1-18-12-4-5-13(19-15(12)17)16-20-11-3-2-9(6-14(11)24-16)23-10(7-21)8-22/h2-6,10,18,21-22H,7-8H2,1H3/i17-1. The third-order valence-electron chi connectivity index (χ3n) is 3.41. The number of nitrogens with zero attached hydrogens (tertiary/aromatic N) is 2. The van der Waals surface area contributed by atoms with E-state index in [2.05, 4.69) is 15.3 Å². The van der Waals surface area contributed by atoms with Crippen molar-refractivity contribution in [3.05, 3.63) is 36.3 Å². The summed E-state index contributed by atoms with van der Waals surface area (Å²) in [6.07, 6.45) is 0. The molecule has 126 valence electrons. The van der Waals surface area contributed by atoms with Crippen molar-refractivity contribution in [2.45, 2.75) is 10.1 Å². The molecule has 24 heavy (non-hydrogen) atoms. The van der Waals surface area contributed by atoms with E-state index in [-0.39, 0.29) is 18.5 Å². The van der Waals surface area contributed by atoms with Gasteiger partial charge in [-0.05, 0) is 30.3 Å². The first kappa shape index (κ1) is 17.1. The normalized spacial score (nSPS) is 11.4. The van der Waals surface area contributed by atoms with Gasteiger partial charge in [0.1, 0.15) is 10.7 Å². The maximum atomic E-state index is 13.8. The van der Waals surface area contributed by atoms with Crippen LogP contribution < -0.4 is 5.32 Å². The quantitative estimate of drug-likeness (QED) is 0.461. The number of aliphatic hydroxyl groups is 2. The van der Waals surface area contributed by atoms with Gasteiger partial charge in [-0.15, -0.1) is 23.1 Å². The Morgan fingerprint density at radius 2 is 2.00 bits per heavy atom. The summed E-state index contributed by atoms with van der Waals surface area (Å²) in [5.41, 5.74) is 1.65. The second kappa shape index (κ2) is 7.43. The first-order valence-electron chi connectivity index (χ1n) is 7.28. The van der Waals surface area contributed by atoms with E-state index in [0.29, 0.717) is 16.4 Å². The van der Waals surface area contributed by atoms with Gasteiger partial charge in [-0.25, -0.2) is 9.97 Å². The summed E-state index contributed by atoms with van der Waals surface area (Å²) in [4.78, 5) is 9.40. The zero-order valence-electron chi connectivity index (χ0n) is 12.9. The number of pyridine rings is 1. The number of benzene rings is 1. The first-order chi connectivity index (χ1) is 11.6. The Bertz CT molecular complexity index is 852. The second-order valence-electron chi connectivity index (χ2n) is 5.04. The number of nitrogens with one attached hydrogen (secondary N) is 1. The van der Waals surface area contributed by atoms with E-state index in [1.807, 2.05) is 18.2 Å². The van der Waals surface area contributed by atoms with Crippen molar-refractivity contribution in [3.8, 4) is 10.7 Å². The van der Waals surface area contributed by atoms with Crippen molar-refractivity contribution in [1.82, 2.24) is 9.97 Å². The monoisotopic (exact) mass is 364 g/mol. The number of thiazole rings is 1. The summed E-state index contributed by atoms with van der Waals surface area (Å²) in [5.74, 6) is -0.556. The lowest BCUT2D eigenvalue weighted by Gasteiger charge is -2.09. The fourth-order valence-corrected chi connectivity index (χ4v) is 4.07. The van der Waals surface area contributed by atoms with Crippen LogP contribution in [0.5, 0.6) is 0 Å². The third kappa shape index (κ3) is 3.51. The molecule has 8 heteroatoms. The smallest absolute Gasteiger partial charge is 0.236 e. The summed E-state index contributed by atoms with van der Waals surface area (Å²) in [6, 6.07) is 9.10. The fraction of sp³-hybridized carbons (Fsp3) is 0.250. The summed E-state index contributed by atoms with van der Waals surface area (Å²) >= 11 is 2.84. The van der Waals surface area contributed by atoms with Crippen molar-refractivity contribution in [3.63, 3.8) is 0 Å². The number of hydrogen-bond donors (Lipinski definition) is 3. The van der Waals surface area contributed by atoms with Gasteiger partial charge in [-0.3, -0.25) is 0 Å². The maximum absolute atomic E-state index is 13.8. The van der Waals surface area contributed by atoms with Crippen molar-refractivity contribution < 1.29 is 14.6 Å². The highest BCUT2D eigenvalue weighted by Crippen LogP contribution is 2.33. The molecule has 0 aliphatic carbocycles. The van der Waals surface area contributed by atoms with Gasteiger partial charge in [-0.2, -0.15) is 4.39 Å². The number of hydrogen-bond acceptors (Lipinski definition) is 7. The topological polar surface area (TPSA) is 78.3 Å². The molecule has 0 radical (unpaired) electrons. The Morgan fingerprint density at radius 3 is 2.67 bits per heavy atom. The van der Waals surface area contributed by atoms with Gasteiger partial charge in [0.25, 0.3) is 0 Å². The number of thioether (sulfide) groups is 1. The zero-order valence-corrected chi connectivity index (χ0v) is 14.5. The van der Waals surface area contributed by atoms with Crippen LogP contribution in [0.4, 0.5) is 10.1 Å². The molecule has 3 N–H and O–H groups in total. The average Bonchev–Trinajstić information content (AvgIpc) is 3.02. The van der Waals surface area contributed by atoms with Crippen LogP contribution in [0.3, 0.4) is 0 Å². The summed E-state index contributed by atoms with van der Waals surface area (Å²) in [6.45, 7) is -0.178. The van der Waals surface area contributed by atoms with Gasteiger partial charge in [0.2, 0.25) is 5.95 Å². The van der Waals surface area contributed by atoms with Crippen molar-refractivity contribution in [2.75, 3.05) is 25.6 Å². The summed E-state index contributed by atoms with van der Waals surface area (Å²) < 4.78 is 14.8. The third-order valence-corrected chi connectivity index (χ3v) is 5.61. The fourth-order valence-electron chi connectivity index (χ4n) is 2.15. The molecule has 5 nitrogen and oxygen atoms in total. The van der Waals surface area contributed by atoms with Crippen molar-refractivity contribution in [2.24, 2.45) is 0 Å². The van der Waals surface area contributed by atoms with Crippen LogP contribution in [0.2, 0.25) is 0 Å². The van der Waals surface area contributed by atoms with Gasteiger partial charge in [-0.1, -0.05) is 0 Å². The van der Waals surface area contributed by atoms with Crippen LogP contribution in [0, 0.1) is 5.95 Å². The minimum Gasteiger partial charge on any atom is -0.395 e. The molecule has 2 aromatic heterocycles. The van der Waals surface area contributed by atoms with Crippen molar-refractivity contribution >= 4 is 39.0 Å². The van der Waals surface area contributed by atoms with Crippen LogP contribution in [0.1, 0.15) is 0 Å². The minimum atomic E-state index is -0.556. The number of anilines is 1. The Morgan fingerprint density at radius 1 is 1.21 bits per heavy atom. The molecule has 0 aliphatic rings. The molecule has 0 spiro atoms. The molecule has 0 fully saturated rings. The average molecular weight is 364 g/mol. The van der Waals surface area contributed by atoms with E-state index in [9.17, 15) is 14.6 Å². The van der Waals surface area contributed by atoms with Crippen LogP contribution in [-0.2, 0) is 0 Å². The molecule has 3 rings (SSSR count). The lowest BCUT2D eigenvalue weighted by atomic mass is 10.3. The van der Waals surface area contributed by atoms with Gasteiger partial charge in [0, 0.05) is 11.9 Å². The second-order valence-corrected chi connectivity index (χ2v) is 7.44. The Labute approximate surface area is 146 Å². The van der Waals surface area contributed by atoms with Gasteiger partial charge in [0.15, 0.2) is 0 Å². The molecule has 2 heterocycles. The Hall–Kier alpha value is -1.74. The van der Waals surface area contributed by atoms with Gasteiger partial charge < -0.3 is 15.5 Å². The Kier molecular flexibility index (Phi) is 5.30. The predicted molar refractivity (Wildman–Crippen MR) is 96.2 cm³/mol. The predicted octanol–water partition coefficient (Wildman–Crippen LogP) is 2.98. The van der Waals surface area contributed by atoms with Crippen LogP contribution in [0.15, 0.2) is 35.2 Å². The summed E-state index contributed by atoms with van der Waals surface area (Å²) in [7, 11) is 1.64. The van der Waals surface area contributed by atoms with Crippen LogP contribution >= 0.6 is 23.1 Å². The Balaban J connectivity index is 1.92. The maximum Gasteiger partial charge on any atom is 0.236 e. The molecule has 0 unspecified atom stereocenters. The van der Waals surface area contributed by atoms with E-state index in [1.54, 1.807) is 19.2 Å².